The fourth-order valence-corrected chi connectivity index (χ4v) is 14.9. The van der Waals surface area contributed by atoms with Crippen molar-refractivity contribution in [2.45, 2.75) is 151 Å². The molecule has 2 amide bonds. The zero-order valence-corrected chi connectivity index (χ0v) is 42.3. The van der Waals surface area contributed by atoms with Crippen molar-refractivity contribution in [3.05, 3.63) is 57.3 Å². The van der Waals surface area contributed by atoms with E-state index in [-0.39, 0.29) is 11.8 Å². The van der Waals surface area contributed by atoms with Crippen LogP contribution in [0, 0.1) is 11.8 Å². The molecule has 0 saturated carbocycles. The summed E-state index contributed by atoms with van der Waals surface area (Å²) in [5.74, 6) is 2.76. The molecule has 1 aromatic carbocycles. The summed E-state index contributed by atoms with van der Waals surface area (Å²) >= 11 is 8.66. The lowest BCUT2D eigenvalue weighted by Crippen LogP contribution is -2.31. The predicted molar refractivity (Wildman–Crippen MR) is 272 cm³/mol. The molecule has 5 nitrogen and oxygen atoms in total. The Labute approximate surface area is 390 Å². The Morgan fingerprint density at radius 1 is 0.548 bits per heavy atom. The minimum atomic E-state index is -0.123. The number of benzene rings is 1. The fraction of sp³-hybridized carbons (Fsp3) is 0.538. The molecule has 0 aliphatic carbocycles. The molecule has 0 fully saturated rings. The van der Waals surface area contributed by atoms with E-state index in [2.05, 4.69) is 83.5 Å². The Kier molecular flexibility index (Phi) is 16.9. The number of rotatable bonds is 26. The first-order valence-electron chi connectivity index (χ1n) is 23.8. The van der Waals surface area contributed by atoms with E-state index in [4.69, 9.17) is 9.47 Å². The van der Waals surface area contributed by atoms with Gasteiger partial charge in [0.25, 0.3) is 11.8 Å². The van der Waals surface area contributed by atoms with Gasteiger partial charge in [-0.05, 0) is 90.1 Å². The summed E-state index contributed by atoms with van der Waals surface area (Å²) < 4.78 is 16.2. The molecule has 1 aliphatic heterocycles. The van der Waals surface area contributed by atoms with Crippen molar-refractivity contribution in [2.24, 2.45) is 11.8 Å². The summed E-state index contributed by atoms with van der Waals surface area (Å²) in [6, 6.07) is 9.08. The first kappa shape index (κ1) is 47.0. The molecule has 5 aromatic heterocycles. The number of amides is 2. The second-order valence-corrected chi connectivity index (χ2v) is 22.1. The molecule has 62 heavy (non-hydrogen) atoms. The molecule has 7 rings (SSSR count). The Morgan fingerprint density at radius 2 is 1.13 bits per heavy atom. The van der Waals surface area contributed by atoms with Crippen LogP contribution in [0.4, 0.5) is 0 Å². The Balaban J connectivity index is 1.31. The zero-order valence-electron chi connectivity index (χ0n) is 38.2. The highest BCUT2D eigenvalue weighted by molar-refractivity contribution is 7.30. The molecule has 2 atom stereocenters. The number of nitrogens with zero attached hydrogens (tertiary/aromatic N) is 1. The molecule has 6 heterocycles. The average molecular weight is 930 g/mol. The van der Waals surface area contributed by atoms with E-state index < -0.39 is 0 Å². The molecule has 0 N–H and O–H groups in total. The number of hydrogen-bond donors (Lipinski definition) is 0. The van der Waals surface area contributed by atoms with Crippen molar-refractivity contribution in [2.75, 3.05) is 19.8 Å². The standard InChI is InChI=1S/C52H67NO4S5/c1-8-15-18-19-20-21-26-53-51(54)41-42(52(53)55)50(62-49(41)45-35(13-6)24-27-58-45)46-36(14-7)29-39(60-46)40-30-38-44(57-32-34(12-5)23-17-10-3)47-37(25-28-59-47)43(48(38)61-40)56-31-33(11-4)22-16-9-2/h24-25,27-30,33-34H,8-23,26,31-32H2,1-7H3. The van der Waals surface area contributed by atoms with Crippen molar-refractivity contribution in [1.82, 2.24) is 4.90 Å². The van der Waals surface area contributed by atoms with Gasteiger partial charge in [-0.2, -0.15) is 0 Å². The highest BCUT2D eigenvalue weighted by Gasteiger charge is 2.43. The number of carbonyl (C=O) groups excluding carboxylic acids is 2. The van der Waals surface area contributed by atoms with Gasteiger partial charge >= 0.3 is 0 Å². The van der Waals surface area contributed by atoms with Gasteiger partial charge in [0.05, 0.1) is 43.5 Å². The average Bonchev–Trinajstić information content (AvgIpc) is 4.15. The highest BCUT2D eigenvalue weighted by atomic mass is 32.1. The van der Waals surface area contributed by atoms with E-state index in [1.54, 1.807) is 61.6 Å². The smallest absolute Gasteiger partial charge is 0.263 e. The van der Waals surface area contributed by atoms with Gasteiger partial charge in [0.1, 0.15) is 11.5 Å². The summed E-state index contributed by atoms with van der Waals surface area (Å²) in [7, 11) is 0. The quantitative estimate of drug-likeness (QED) is 0.0402. The van der Waals surface area contributed by atoms with E-state index >= 15 is 0 Å². The van der Waals surface area contributed by atoms with Crippen molar-refractivity contribution in [3.63, 3.8) is 0 Å². The molecule has 0 saturated heterocycles. The maximum absolute atomic E-state index is 14.5. The van der Waals surface area contributed by atoms with Crippen LogP contribution in [0.15, 0.2) is 35.0 Å². The van der Waals surface area contributed by atoms with E-state index in [0.29, 0.717) is 42.7 Å². The third-order valence-electron chi connectivity index (χ3n) is 12.8. The maximum Gasteiger partial charge on any atom is 0.263 e. The summed E-state index contributed by atoms with van der Waals surface area (Å²) in [6.45, 7) is 17.6. The Morgan fingerprint density at radius 3 is 1.76 bits per heavy atom. The van der Waals surface area contributed by atoms with E-state index in [0.717, 1.165) is 91.4 Å². The van der Waals surface area contributed by atoms with Crippen molar-refractivity contribution < 1.29 is 19.1 Å². The van der Waals surface area contributed by atoms with Gasteiger partial charge in [0.2, 0.25) is 0 Å². The normalized spacial score (nSPS) is 13.9. The third kappa shape index (κ3) is 9.80. The number of aryl methyl sites for hydroxylation is 2. The van der Waals surface area contributed by atoms with Gasteiger partial charge in [-0.15, -0.1) is 56.7 Å². The molecule has 1 aliphatic rings. The topological polar surface area (TPSA) is 55.8 Å². The van der Waals surface area contributed by atoms with Gasteiger partial charge in [0, 0.05) is 36.8 Å². The zero-order chi connectivity index (χ0) is 43.8. The van der Waals surface area contributed by atoms with E-state index in [1.807, 2.05) is 0 Å². The number of fused-ring (bicyclic) bond motifs is 3. The predicted octanol–water partition coefficient (Wildman–Crippen LogP) is 17.6. The van der Waals surface area contributed by atoms with Crippen LogP contribution in [0.25, 0.3) is 49.4 Å². The second kappa shape index (κ2) is 22.3. The van der Waals surface area contributed by atoms with Gasteiger partial charge in [0.15, 0.2) is 0 Å². The number of imide groups is 1. The van der Waals surface area contributed by atoms with Crippen LogP contribution < -0.4 is 9.47 Å². The molecule has 334 valence electrons. The molecular weight excluding hydrogens is 863 g/mol. The van der Waals surface area contributed by atoms with Crippen molar-refractivity contribution >= 4 is 88.7 Å². The lowest BCUT2D eigenvalue weighted by atomic mass is 10.0. The number of ether oxygens (including phenoxy) is 2. The molecule has 2 unspecified atom stereocenters. The monoisotopic (exact) mass is 929 g/mol. The minimum absolute atomic E-state index is 0.120. The molecule has 0 radical (unpaired) electrons. The van der Waals surface area contributed by atoms with Crippen molar-refractivity contribution in [3.8, 4) is 40.8 Å². The van der Waals surface area contributed by atoms with Crippen LogP contribution in [-0.4, -0.2) is 36.5 Å². The van der Waals surface area contributed by atoms with Gasteiger partial charge in [-0.1, -0.05) is 119 Å². The SMILES string of the molecule is CCCCCCCCN1C(=O)c2c(-c3sccc3CC)sc(-c3sc(-c4cc5c(OCC(CC)CCCC)c6sccc6c(OCC(CC)CCCC)c5s4)cc3CC)c2C1=O. The second-order valence-electron chi connectivity index (χ2n) is 17.1. The molecule has 10 heteroatoms. The summed E-state index contributed by atoms with van der Waals surface area (Å²) in [5.41, 5.74) is 3.68. The minimum Gasteiger partial charge on any atom is -0.491 e. The van der Waals surface area contributed by atoms with Crippen LogP contribution >= 0.6 is 56.7 Å². The first-order chi connectivity index (χ1) is 30.3. The van der Waals surface area contributed by atoms with Crippen LogP contribution in [-0.2, 0) is 12.8 Å². The maximum atomic E-state index is 14.5. The van der Waals surface area contributed by atoms with Gasteiger partial charge in [-0.3, -0.25) is 14.5 Å². The number of carbonyl (C=O) groups is 2. The summed E-state index contributed by atoms with van der Waals surface area (Å²) in [4.78, 5) is 37.0. The largest absolute Gasteiger partial charge is 0.491 e. The Bertz CT molecular complexity index is 2350. The van der Waals surface area contributed by atoms with Crippen molar-refractivity contribution in [1.29, 1.82) is 0 Å². The number of thiophene rings is 5. The summed E-state index contributed by atoms with van der Waals surface area (Å²) in [6.07, 6.45) is 17.8. The summed E-state index contributed by atoms with van der Waals surface area (Å²) in [5, 5.41) is 6.59. The van der Waals surface area contributed by atoms with Crippen LogP contribution in [0.5, 0.6) is 11.5 Å². The van der Waals surface area contributed by atoms with Crippen LogP contribution in [0.3, 0.4) is 0 Å². The lowest BCUT2D eigenvalue weighted by molar-refractivity contribution is 0.0652. The van der Waals surface area contributed by atoms with Crippen LogP contribution in [0.1, 0.15) is 170 Å². The first-order valence-corrected chi connectivity index (χ1v) is 28.0. The lowest BCUT2D eigenvalue weighted by Gasteiger charge is -2.19. The number of hydrogen-bond acceptors (Lipinski definition) is 9. The van der Waals surface area contributed by atoms with Gasteiger partial charge < -0.3 is 9.47 Å². The molecular formula is C52H67NO4S5. The molecule has 6 aromatic rings. The van der Waals surface area contributed by atoms with E-state index in [9.17, 15) is 9.59 Å². The van der Waals surface area contributed by atoms with Gasteiger partial charge in [-0.25, -0.2) is 0 Å². The highest BCUT2D eigenvalue weighted by Crippen LogP contribution is 2.55. The Hall–Kier alpha value is -3.02. The van der Waals surface area contributed by atoms with Crippen LogP contribution in [0.2, 0.25) is 0 Å². The van der Waals surface area contributed by atoms with E-state index in [1.165, 1.54) is 83.4 Å². The molecule has 0 bridgehead atoms. The fourth-order valence-electron chi connectivity index (χ4n) is 8.84. The third-order valence-corrected chi connectivity index (χ3v) is 18.7. The molecule has 0 spiro atoms. The number of unbranched alkanes of at least 4 members (excludes halogenated alkanes) is 7.